The van der Waals surface area contributed by atoms with Gasteiger partial charge in [-0.05, 0) is 84.8 Å². The summed E-state index contributed by atoms with van der Waals surface area (Å²) >= 11 is 0. The van der Waals surface area contributed by atoms with Gasteiger partial charge in [-0.25, -0.2) is 4.79 Å². The summed E-state index contributed by atoms with van der Waals surface area (Å²) in [6.07, 6.45) is 0.755. The Labute approximate surface area is 212 Å². The molecule has 1 aliphatic heterocycles. The van der Waals surface area contributed by atoms with Gasteiger partial charge in [-0.15, -0.1) is 0 Å². The van der Waals surface area contributed by atoms with Crippen LogP contribution in [0.4, 0.5) is 0 Å². The van der Waals surface area contributed by atoms with Crippen LogP contribution in [0.5, 0.6) is 5.75 Å². The highest BCUT2D eigenvalue weighted by atomic mass is 16.5. The van der Waals surface area contributed by atoms with Crippen LogP contribution in [-0.4, -0.2) is 23.7 Å². The first-order chi connectivity index (χ1) is 17.3. The molecular weight excluding hydrogens is 446 g/mol. The Kier molecular flexibility index (Phi) is 6.55. The molecule has 0 saturated carbocycles. The Morgan fingerprint density at radius 1 is 0.944 bits per heavy atom. The molecule has 4 aromatic rings. The molecule has 36 heavy (non-hydrogen) atoms. The molecule has 2 N–H and O–H groups in total. The molecule has 0 unspecified atom stereocenters. The summed E-state index contributed by atoms with van der Waals surface area (Å²) in [5.74, 6) is 0.0826. The molecule has 1 aliphatic rings. The van der Waals surface area contributed by atoms with E-state index >= 15 is 0 Å². The molecule has 4 aromatic carbocycles. The van der Waals surface area contributed by atoms with E-state index in [4.69, 9.17) is 4.74 Å². The molecule has 184 valence electrons. The molecule has 0 aromatic heterocycles. The third kappa shape index (κ3) is 4.38. The summed E-state index contributed by atoms with van der Waals surface area (Å²) < 4.78 is 6.45. The van der Waals surface area contributed by atoms with E-state index in [1.807, 2.05) is 38.1 Å². The SMILES string of the molecule is Cc1c(C(=O)O)cc([C@@H]2C[C@H](CN[C@H](C)c3cccc4ccccc34)Oc3ccccc32)c(C)c1C. The smallest absolute Gasteiger partial charge is 0.335 e. The van der Waals surface area contributed by atoms with Crippen molar-refractivity contribution in [3.63, 3.8) is 0 Å². The standard InChI is InChI=1S/C32H33NO3/c1-19-20(2)28(17-29(21(19)3)32(34)35)30-16-24(36-31-15-8-7-13-27(30)31)18-33-22(4)25-14-9-11-23-10-5-6-12-26(23)25/h5-15,17,22,24,30,33H,16,18H2,1-4H3,(H,34,35)/t22-,24-,30-/m1/s1. The van der Waals surface area contributed by atoms with E-state index in [1.165, 1.54) is 16.3 Å². The van der Waals surface area contributed by atoms with Crippen LogP contribution < -0.4 is 10.1 Å². The van der Waals surface area contributed by atoms with Crippen molar-refractivity contribution < 1.29 is 14.6 Å². The zero-order valence-electron chi connectivity index (χ0n) is 21.3. The van der Waals surface area contributed by atoms with Crippen molar-refractivity contribution in [2.45, 2.75) is 52.2 Å². The lowest BCUT2D eigenvalue weighted by atomic mass is 9.79. The van der Waals surface area contributed by atoms with Gasteiger partial charge in [0.1, 0.15) is 11.9 Å². The second-order valence-corrected chi connectivity index (χ2v) is 9.96. The van der Waals surface area contributed by atoms with Crippen LogP contribution in [0.25, 0.3) is 10.8 Å². The van der Waals surface area contributed by atoms with Gasteiger partial charge in [0, 0.05) is 24.1 Å². The monoisotopic (exact) mass is 479 g/mol. The van der Waals surface area contributed by atoms with E-state index in [-0.39, 0.29) is 18.1 Å². The molecule has 0 radical (unpaired) electrons. The van der Waals surface area contributed by atoms with Crippen LogP contribution in [0.2, 0.25) is 0 Å². The number of benzene rings is 4. The fourth-order valence-corrected chi connectivity index (χ4v) is 5.61. The Morgan fingerprint density at radius 2 is 1.67 bits per heavy atom. The minimum atomic E-state index is -0.876. The Balaban J connectivity index is 1.44. The predicted octanol–water partition coefficient (Wildman–Crippen LogP) is 7.10. The van der Waals surface area contributed by atoms with Gasteiger partial charge in [0.25, 0.3) is 0 Å². The number of carboxylic acids is 1. The fourth-order valence-electron chi connectivity index (χ4n) is 5.61. The molecule has 0 bridgehead atoms. The molecule has 0 saturated heterocycles. The van der Waals surface area contributed by atoms with Crippen LogP contribution >= 0.6 is 0 Å². The van der Waals surface area contributed by atoms with Crippen LogP contribution in [0, 0.1) is 20.8 Å². The highest BCUT2D eigenvalue weighted by molar-refractivity contribution is 5.90. The van der Waals surface area contributed by atoms with Gasteiger partial charge < -0.3 is 15.2 Å². The molecule has 5 rings (SSSR count). The Morgan fingerprint density at radius 3 is 2.47 bits per heavy atom. The molecule has 3 atom stereocenters. The number of carboxylic acid groups (broad SMARTS) is 1. The maximum absolute atomic E-state index is 12.0. The minimum Gasteiger partial charge on any atom is -0.489 e. The van der Waals surface area contributed by atoms with Crippen molar-refractivity contribution in [2.75, 3.05) is 6.54 Å². The lowest BCUT2D eigenvalue weighted by Gasteiger charge is -2.34. The van der Waals surface area contributed by atoms with Crippen LogP contribution in [0.1, 0.15) is 69.0 Å². The number of ether oxygens (including phenoxy) is 1. The molecule has 4 nitrogen and oxygen atoms in total. The van der Waals surface area contributed by atoms with Gasteiger partial charge in [0.2, 0.25) is 0 Å². The van der Waals surface area contributed by atoms with E-state index in [9.17, 15) is 9.90 Å². The van der Waals surface area contributed by atoms with Gasteiger partial charge in [0.15, 0.2) is 0 Å². The molecular formula is C32H33NO3. The quantitative estimate of drug-likeness (QED) is 0.310. The van der Waals surface area contributed by atoms with E-state index in [0.717, 1.165) is 40.0 Å². The minimum absolute atomic E-state index is 0.0309. The van der Waals surface area contributed by atoms with Gasteiger partial charge >= 0.3 is 5.97 Å². The number of para-hydroxylation sites is 1. The zero-order chi connectivity index (χ0) is 25.4. The van der Waals surface area contributed by atoms with Gasteiger partial charge in [0.05, 0.1) is 5.56 Å². The van der Waals surface area contributed by atoms with E-state index in [1.54, 1.807) is 0 Å². The van der Waals surface area contributed by atoms with Crippen molar-refractivity contribution in [1.29, 1.82) is 0 Å². The summed E-state index contributed by atoms with van der Waals surface area (Å²) in [7, 11) is 0. The third-order valence-corrected chi connectivity index (χ3v) is 7.90. The highest BCUT2D eigenvalue weighted by Crippen LogP contribution is 2.42. The first-order valence-corrected chi connectivity index (χ1v) is 12.7. The summed E-state index contributed by atoms with van der Waals surface area (Å²) in [6.45, 7) is 8.93. The molecule has 0 amide bonds. The van der Waals surface area contributed by atoms with Crippen LogP contribution in [0.3, 0.4) is 0 Å². The normalized spacial score (nSPS) is 17.9. The number of aromatic carboxylic acids is 1. The van der Waals surface area contributed by atoms with Gasteiger partial charge in [-0.2, -0.15) is 0 Å². The summed E-state index contributed by atoms with van der Waals surface area (Å²) in [5, 5.41) is 16.1. The maximum Gasteiger partial charge on any atom is 0.335 e. The number of hydrogen-bond donors (Lipinski definition) is 2. The number of carbonyl (C=O) groups is 1. The number of hydrogen-bond acceptors (Lipinski definition) is 3. The lowest BCUT2D eigenvalue weighted by molar-refractivity contribution is 0.0696. The first-order valence-electron chi connectivity index (χ1n) is 12.7. The van der Waals surface area contributed by atoms with Gasteiger partial charge in [-0.1, -0.05) is 60.7 Å². The number of rotatable bonds is 6. The number of fused-ring (bicyclic) bond motifs is 2. The van der Waals surface area contributed by atoms with Crippen molar-refractivity contribution >= 4 is 16.7 Å². The molecule has 0 fully saturated rings. The maximum atomic E-state index is 12.0. The Bertz CT molecular complexity index is 1440. The van der Waals surface area contributed by atoms with Crippen molar-refractivity contribution in [3.05, 3.63) is 112 Å². The fraction of sp³-hybridized carbons (Fsp3) is 0.281. The van der Waals surface area contributed by atoms with E-state index < -0.39 is 5.97 Å². The average Bonchev–Trinajstić information content (AvgIpc) is 2.89. The summed E-state index contributed by atoms with van der Waals surface area (Å²) in [4.78, 5) is 12.0. The van der Waals surface area contributed by atoms with Crippen molar-refractivity contribution in [1.82, 2.24) is 5.32 Å². The second-order valence-electron chi connectivity index (χ2n) is 9.96. The highest BCUT2D eigenvalue weighted by Gasteiger charge is 2.31. The zero-order valence-corrected chi connectivity index (χ0v) is 21.3. The first kappa shape index (κ1) is 24.1. The Hall–Kier alpha value is -3.63. The van der Waals surface area contributed by atoms with Crippen molar-refractivity contribution in [2.24, 2.45) is 0 Å². The third-order valence-electron chi connectivity index (χ3n) is 7.90. The van der Waals surface area contributed by atoms with Crippen molar-refractivity contribution in [3.8, 4) is 5.75 Å². The largest absolute Gasteiger partial charge is 0.489 e. The summed E-state index contributed by atoms with van der Waals surface area (Å²) in [5.41, 5.74) is 6.92. The number of nitrogens with one attached hydrogen (secondary N) is 1. The topological polar surface area (TPSA) is 58.6 Å². The molecule has 0 aliphatic carbocycles. The van der Waals surface area contributed by atoms with Crippen LogP contribution in [-0.2, 0) is 0 Å². The van der Waals surface area contributed by atoms with Crippen LogP contribution in [0.15, 0.2) is 72.8 Å². The van der Waals surface area contributed by atoms with E-state index in [2.05, 4.69) is 67.7 Å². The molecule has 0 spiro atoms. The lowest BCUT2D eigenvalue weighted by Crippen LogP contribution is -2.37. The predicted molar refractivity (Wildman–Crippen MR) is 145 cm³/mol. The summed E-state index contributed by atoms with van der Waals surface area (Å²) in [6, 6.07) is 25.1. The van der Waals surface area contributed by atoms with E-state index in [0.29, 0.717) is 12.1 Å². The molecule has 1 heterocycles. The average molecular weight is 480 g/mol. The molecule has 4 heteroatoms. The second kappa shape index (κ2) is 9.79. The van der Waals surface area contributed by atoms with Gasteiger partial charge in [-0.3, -0.25) is 0 Å².